The molecule has 0 atom stereocenters. The molecule has 0 radical (unpaired) electrons. The van der Waals surface area contributed by atoms with Crippen molar-refractivity contribution in [2.24, 2.45) is 10.9 Å². The van der Waals surface area contributed by atoms with Gasteiger partial charge in [0.1, 0.15) is 0 Å². The minimum Gasteiger partial charge on any atom is -0.453 e. The van der Waals surface area contributed by atoms with Crippen molar-refractivity contribution in [3.05, 3.63) is 29.8 Å². The van der Waals surface area contributed by atoms with E-state index in [4.69, 9.17) is 9.73 Å². The monoisotopic (exact) mass is 415 g/mol. The van der Waals surface area contributed by atoms with Crippen molar-refractivity contribution in [3.63, 3.8) is 0 Å². The highest BCUT2D eigenvalue weighted by Crippen LogP contribution is 2.23. The molecule has 2 N–H and O–H groups in total. The molecule has 2 aliphatic rings. The molecule has 2 aliphatic heterocycles. The zero-order valence-electron chi connectivity index (χ0n) is 18.7. The van der Waals surface area contributed by atoms with Crippen LogP contribution < -0.4 is 15.5 Å². The van der Waals surface area contributed by atoms with Gasteiger partial charge in [0, 0.05) is 44.5 Å². The molecule has 1 amide bonds. The van der Waals surface area contributed by atoms with Crippen molar-refractivity contribution < 1.29 is 9.53 Å². The van der Waals surface area contributed by atoms with E-state index in [0.717, 1.165) is 44.4 Å². The highest BCUT2D eigenvalue weighted by Gasteiger charge is 2.23. The number of nitrogens with zero attached hydrogens (tertiary/aromatic N) is 3. The summed E-state index contributed by atoms with van der Waals surface area (Å²) in [6, 6.07) is 9.14. The van der Waals surface area contributed by atoms with Crippen LogP contribution in [0.1, 0.15) is 45.1 Å². The fourth-order valence-corrected chi connectivity index (χ4v) is 4.10. The Morgan fingerprint density at radius 2 is 1.77 bits per heavy atom. The number of piperidine rings is 2. The lowest BCUT2D eigenvalue weighted by atomic mass is 9.99. The summed E-state index contributed by atoms with van der Waals surface area (Å²) in [5, 5.41) is 6.86. The SMILES string of the molecule is CCNC(=NCc1ccc(N2CCC(C)CC2)cc1)NC1CCN(C(=O)OC)CC1. The number of amides is 1. The zero-order chi connectivity index (χ0) is 21.3. The first-order chi connectivity index (χ1) is 14.6. The Morgan fingerprint density at radius 3 is 2.37 bits per heavy atom. The summed E-state index contributed by atoms with van der Waals surface area (Å²) in [6.07, 6.45) is 4.10. The van der Waals surface area contributed by atoms with E-state index in [-0.39, 0.29) is 6.09 Å². The molecular formula is C23H37N5O2. The Labute approximate surface area is 180 Å². The number of methoxy groups -OCH3 is 1. The largest absolute Gasteiger partial charge is 0.453 e. The number of guanidine groups is 1. The summed E-state index contributed by atoms with van der Waals surface area (Å²) >= 11 is 0. The molecule has 2 heterocycles. The summed E-state index contributed by atoms with van der Waals surface area (Å²) in [7, 11) is 1.43. The number of anilines is 1. The molecule has 7 heteroatoms. The third-order valence-corrected chi connectivity index (χ3v) is 6.12. The third kappa shape index (κ3) is 6.28. The van der Waals surface area contributed by atoms with Crippen molar-refractivity contribution in [1.82, 2.24) is 15.5 Å². The van der Waals surface area contributed by atoms with Crippen LogP contribution in [0.3, 0.4) is 0 Å². The molecule has 166 valence electrons. The predicted octanol–water partition coefficient (Wildman–Crippen LogP) is 3.21. The first-order valence-electron chi connectivity index (χ1n) is 11.3. The van der Waals surface area contributed by atoms with Gasteiger partial charge in [-0.3, -0.25) is 0 Å². The van der Waals surface area contributed by atoms with Crippen molar-refractivity contribution in [1.29, 1.82) is 0 Å². The molecule has 3 rings (SSSR count). The van der Waals surface area contributed by atoms with Gasteiger partial charge < -0.3 is 25.2 Å². The summed E-state index contributed by atoms with van der Waals surface area (Å²) in [5.74, 6) is 1.68. The molecule has 7 nitrogen and oxygen atoms in total. The molecule has 2 fully saturated rings. The van der Waals surface area contributed by atoms with Gasteiger partial charge in [-0.1, -0.05) is 19.1 Å². The Bertz CT molecular complexity index is 690. The van der Waals surface area contributed by atoms with Crippen LogP contribution in [0.25, 0.3) is 0 Å². The number of nitrogens with one attached hydrogen (secondary N) is 2. The zero-order valence-corrected chi connectivity index (χ0v) is 18.7. The Balaban J connectivity index is 1.51. The number of hydrogen-bond acceptors (Lipinski definition) is 4. The van der Waals surface area contributed by atoms with Gasteiger partial charge in [-0.2, -0.15) is 0 Å². The van der Waals surface area contributed by atoms with Crippen LogP contribution in [0, 0.1) is 5.92 Å². The lowest BCUT2D eigenvalue weighted by Gasteiger charge is -2.32. The summed E-state index contributed by atoms with van der Waals surface area (Å²) < 4.78 is 4.81. The number of aliphatic imine (C=N–C) groups is 1. The van der Waals surface area contributed by atoms with E-state index in [9.17, 15) is 4.79 Å². The highest BCUT2D eigenvalue weighted by atomic mass is 16.5. The van der Waals surface area contributed by atoms with Crippen molar-refractivity contribution >= 4 is 17.7 Å². The molecule has 30 heavy (non-hydrogen) atoms. The van der Waals surface area contributed by atoms with Crippen LogP contribution in [-0.2, 0) is 11.3 Å². The second-order valence-electron chi connectivity index (χ2n) is 8.41. The minimum atomic E-state index is -0.239. The second-order valence-corrected chi connectivity index (χ2v) is 8.41. The first kappa shape index (κ1) is 22.2. The van der Waals surface area contributed by atoms with Crippen molar-refractivity contribution in [2.45, 2.75) is 52.1 Å². The Kier molecular flexibility index (Phi) is 8.22. The maximum Gasteiger partial charge on any atom is 0.409 e. The van der Waals surface area contributed by atoms with Crippen LogP contribution in [0.4, 0.5) is 10.5 Å². The summed E-state index contributed by atoms with van der Waals surface area (Å²) in [6.45, 7) is 9.61. The quantitative estimate of drug-likeness (QED) is 0.571. The molecule has 1 aromatic carbocycles. The molecule has 1 aromatic rings. The van der Waals surface area contributed by atoms with E-state index in [1.807, 2.05) is 0 Å². The molecule has 0 bridgehead atoms. The van der Waals surface area contributed by atoms with E-state index in [2.05, 4.69) is 53.6 Å². The summed E-state index contributed by atoms with van der Waals surface area (Å²) in [4.78, 5) is 20.7. The number of hydrogen-bond donors (Lipinski definition) is 2. The molecular weight excluding hydrogens is 378 g/mol. The summed E-state index contributed by atoms with van der Waals surface area (Å²) in [5.41, 5.74) is 2.53. The second kappa shape index (κ2) is 11.1. The molecule has 0 unspecified atom stereocenters. The maximum absolute atomic E-state index is 11.6. The average Bonchev–Trinajstić information content (AvgIpc) is 2.78. The van der Waals surface area contributed by atoms with Crippen LogP contribution >= 0.6 is 0 Å². The maximum atomic E-state index is 11.6. The third-order valence-electron chi connectivity index (χ3n) is 6.12. The number of ether oxygens (including phenoxy) is 1. The van der Waals surface area contributed by atoms with Gasteiger partial charge in [0.25, 0.3) is 0 Å². The molecule has 2 saturated heterocycles. The van der Waals surface area contributed by atoms with Crippen LogP contribution in [0.15, 0.2) is 29.3 Å². The molecule has 0 saturated carbocycles. The number of carbonyl (C=O) groups excluding carboxylic acids is 1. The topological polar surface area (TPSA) is 69.2 Å². The van der Waals surface area contributed by atoms with Gasteiger partial charge in [-0.15, -0.1) is 0 Å². The van der Waals surface area contributed by atoms with E-state index in [1.54, 1.807) is 4.90 Å². The van der Waals surface area contributed by atoms with Crippen LogP contribution in [0.2, 0.25) is 0 Å². The normalized spacial score (nSPS) is 19.0. The smallest absolute Gasteiger partial charge is 0.409 e. The van der Waals surface area contributed by atoms with Gasteiger partial charge >= 0.3 is 6.09 Å². The van der Waals surface area contributed by atoms with E-state index >= 15 is 0 Å². The minimum absolute atomic E-state index is 0.239. The Morgan fingerprint density at radius 1 is 1.10 bits per heavy atom. The van der Waals surface area contributed by atoms with Gasteiger partial charge in [0.2, 0.25) is 0 Å². The van der Waals surface area contributed by atoms with E-state index in [0.29, 0.717) is 25.7 Å². The Hall–Kier alpha value is -2.44. The number of benzene rings is 1. The lowest BCUT2D eigenvalue weighted by molar-refractivity contribution is 0.111. The van der Waals surface area contributed by atoms with Gasteiger partial charge in [-0.05, 0) is 56.2 Å². The number of rotatable bonds is 5. The fourth-order valence-electron chi connectivity index (χ4n) is 4.10. The van der Waals surface area contributed by atoms with E-state index in [1.165, 1.54) is 31.2 Å². The predicted molar refractivity (Wildman–Crippen MR) is 122 cm³/mol. The van der Waals surface area contributed by atoms with E-state index < -0.39 is 0 Å². The van der Waals surface area contributed by atoms with Gasteiger partial charge in [0.05, 0.1) is 13.7 Å². The molecule has 0 spiro atoms. The highest BCUT2D eigenvalue weighted by molar-refractivity contribution is 5.80. The number of carbonyl (C=O) groups is 1. The van der Waals surface area contributed by atoms with Crippen LogP contribution in [0.5, 0.6) is 0 Å². The lowest BCUT2D eigenvalue weighted by Crippen LogP contribution is -2.49. The molecule has 0 aromatic heterocycles. The van der Waals surface area contributed by atoms with Gasteiger partial charge in [-0.25, -0.2) is 9.79 Å². The first-order valence-corrected chi connectivity index (χ1v) is 11.3. The number of likely N-dealkylation sites (tertiary alicyclic amines) is 1. The van der Waals surface area contributed by atoms with Crippen molar-refractivity contribution in [3.8, 4) is 0 Å². The van der Waals surface area contributed by atoms with Crippen LogP contribution in [-0.4, -0.2) is 62.8 Å². The molecule has 0 aliphatic carbocycles. The van der Waals surface area contributed by atoms with Crippen molar-refractivity contribution in [2.75, 3.05) is 44.7 Å². The standard InChI is InChI=1S/C23H37N5O2/c1-4-24-22(26-20-11-15-28(16-12-20)23(29)30-3)25-17-19-5-7-21(8-6-19)27-13-9-18(2)10-14-27/h5-8,18,20H,4,9-17H2,1-3H3,(H2,24,25,26). The average molecular weight is 416 g/mol. The fraction of sp³-hybridized carbons (Fsp3) is 0.652. The van der Waals surface area contributed by atoms with Gasteiger partial charge in [0.15, 0.2) is 5.96 Å².